The predicted octanol–water partition coefficient (Wildman–Crippen LogP) is 2.85. The molecule has 2 amide bonds. The molecule has 1 aromatic carbocycles. The fraction of sp³-hybridized carbons (Fsp3) is 0.536. The van der Waals surface area contributed by atoms with Gasteiger partial charge in [0.05, 0.1) is 31.7 Å². The molecule has 3 heterocycles. The molecular formula is C28H35BrN2O7. The summed E-state index contributed by atoms with van der Waals surface area (Å²) in [7, 11) is 1.57. The molecule has 6 atom stereocenters. The number of likely N-dealkylation sites (tertiary alicyclic amines) is 1. The minimum absolute atomic E-state index is 0.0239. The highest BCUT2D eigenvalue weighted by molar-refractivity contribution is 9.09. The molecule has 3 saturated heterocycles. The highest BCUT2D eigenvalue weighted by Crippen LogP contribution is 2.60. The number of esters is 1. The third kappa shape index (κ3) is 4.89. The van der Waals surface area contributed by atoms with Gasteiger partial charge < -0.3 is 29.1 Å². The summed E-state index contributed by atoms with van der Waals surface area (Å²) in [5.74, 6) is -2.10. The monoisotopic (exact) mass is 590 g/mol. The summed E-state index contributed by atoms with van der Waals surface area (Å²) in [6.07, 6.45) is 4.60. The average molecular weight is 591 g/mol. The Hall–Kier alpha value is -2.69. The number of hydrogen-bond acceptors (Lipinski definition) is 7. The largest absolute Gasteiger partial charge is 0.497 e. The van der Waals surface area contributed by atoms with Crippen LogP contribution in [0.15, 0.2) is 49.6 Å². The maximum atomic E-state index is 14.4. The number of carbonyl (C=O) groups is 3. The van der Waals surface area contributed by atoms with Crippen LogP contribution in [-0.4, -0.2) is 83.8 Å². The average Bonchev–Trinajstić information content (AvgIpc) is 3.50. The minimum Gasteiger partial charge on any atom is -0.497 e. The quantitative estimate of drug-likeness (QED) is 0.163. The molecule has 4 rings (SSSR count). The number of amides is 2. The maximum absolute atomic E-state index is 14.4. The number of rotatable bonds is 13. The van der Waals surface area contributed by atoms with Crippen molar-refractivity contribution in [2.24, 2.45) is 11.8 Å². The van der Waals surface area contributed by atoms with Gasteiger partial charge in [0.25, 0.3) is 5.91 Å². The van der Waals surface area contributed by atoms with E-state index in [9.17, 15) is 19.5 Å². The van der Waals surface area contributed by atoms with Gasteiger partial charge in [0.2, 0.25) is 5.91 Å². The lowest BCUT2D eigenvalue weighted by atomic mass is 9.70. The van der Waals surface area contributed by atoms with Crippen LogP contribution in [0.1, 0.15) is 25.7 Å². The van der Waals surface area contributed by atoms with E-state index in [0.29, 0.717) is 37.1 Å². The number of aliphatic hydroxyl groups is 1. The maximum Gasteiger partial charge on any atom is 0.312 e. The molecule has 3 fully saturated rings. The van der Waals surface area contributed by atoms with Crippen LogP contribution in [0, 0.1) is 11.8 Å². The molecule has 0 saturated carbocycles. The Balaban J connectivity index is 1.73. The van der Waals surface area contributed by atoms with Gasteiger partial charge >= 0.3 is 5.97 Å². The third-order valence-electron chi connectivity index (χ3n) is 7.63. The lowest BCUT2D eigenvalue weighted by Crippen LogP contribution is -2.57. The molecule has 9 nitrogen and oxygen atoms in total. The van der Waals surface area contributed by atoms with Gasteiger partial charge in [-0.3, -0.25) is 14.4 Å². The molecule has 10 heteroatoms. The number of aliphatic hydroxyl groups excluding tert-OH is 1. The molecule has 0 aromatic heterocycles. The first kappa shape index (κ1) is 28.3. The molecule has 2 bridgehead atoms. The molecule has 1 aromatic rings. The van der Waals surface area contributed by atoms with Crippen LogP contribution >= 0.6 is 15.9 Å². The van der Waals surface area contributed by atoms with E-state index in [1.54, 1.807) is 53.3 Å². The van der Waals surface area contributed by atoms with Crippen LogP contribution < -0.4 is 9.64 Å². The standard InChI is InChI=1S/C28H35BrN2O7/c1-4-6-16-37-27(35)21-22-25(33)31(14-7-8-15-32)24(28(22)17-20(29)23(21)38-28)26(34)30(13-5-2)18-9-11-19(36-3)12-10-18/h4-5,9-12,20-24,32H,1-2,6-8,13-17H2,3H3/t20?,21-,22+,23-,24?,28?/m1/s1. The van der Waals surface area contributed by atoms with Crippen LogP contribution in [0.3, 0.4) is 0 Å². The second-order valence-electron chi connectivity index (χ2n) is 9.81. The predicted molar refractivity (Wildman–Crippen MR) is 145 cm³/mol. The first-order chi connectivity index (χ1) is 18.3. The number of carbonyl (C=O) groups excluding carboxylic acids is 3. The van der Waals surface area contributed by atoms with Crippen molar-refractivity contribution in [3.8, 4) is 5.75 Å². The molecule has 206 valence electrons. The van der Waals surface area contributed by atoms with Crippen LogP contribution in [0.5, 0.6) is 5.75 Å². The number of alkyl halides is 1. The lowest BCUT2D eigenvalue weighted by molar-refractivity contribution is -0.154. The van der Waals surface area contributed by atoms with E-state index in [0.717, 1.165) is 0 Å². The number of fused-ring (bicyclic) bond motifs is 1. The van der Waals surface area contributed by atoms with E-state index in [4.69, 9.17) is 14.2 Å². The normalized spacial score (nSPS) is 29.2. The Bertz CT molecular complexity index is 1060. The van der Waals surface area contributed by atoms with Gasteiger partial charge in [-0.2, -0.15) is 0 Å². The molecule has 0 aliphatic carbocycles. The summed E-state index contributed by atoms with van der Waals surface area (Å²) in [6.45, 7) is 8.10. The van der Waals surface area contributed by atoms with Gasteiger partial charge in [-0.1, -0.05) is 28.1 Å². The number of hydrogen-bond donors (Lipinski definition) is 1. The topological polar surface area (TPSA) is 106 Å². The van der Waals surface area contributed by atoms with Crippen LogP contribution in [0.2, 0.25) is 0 Å². The van der Waals surface area contributed by atoms with Gasteiger partial charge in [-0.15, -0.1) is 13.2 Å². The molecule has 3 aliphatic heterocycles. The Morgan fingerprint density at radius 3 is 2.63 bits per heavy atom. The third-order valence-corrected chi connectivity index (χ3v) is 8.48. The summed E-state index contributed by atoms with van der Waals surface area (Å²) in [6, 6.07) is 6.14. The molecule has 3 aliphatic rings. The Kier molecular flexibility index (Phi) is 8.95. The number of halogens is 1. The van der Waals surface area contributed by atoms with Gasteiger partial charge in [-0.25, -0.2) is 0 Å². The highest BCUT2D eigenvalue weighted by atomic mass is 79.9. The molecular weight excluding hydrogens is 556 g/mol. The van der Waals surface area contributed by atoms with Crippen molar-refractivity contribution >= 4 is 39.4 Å². The second-order valence-corrected chi connectivity index (χ2v) is 11.0. The molecule has 1 spiro atoms. The van der Waals surface area contributed by atoms with Gasteiger partial charge in [0, 0.05) is 30.2 Å². The Morgan fingerprint density at radius 2 is 2.00 bits per heavy atom. The summed E-state index contributed by atoms with van der Waals surface area (Å²) in [4.78, 5) is 44.5. The van der Waals surface area contributed by atoms with Crippen molar-refractivity contribution < 1.29 is 33.7 Å². The summed E-state index contributed by atoms with van der Waals surface area (Å²) >= 11 is 3.66. The second kappa shape index (κ2) is 12.0. The summed E-state index contributed by atoms with van der Waals surface area (Å²) < 4.78 is 17.3. The van der Waals surface area contributed by atoms with Crippen LogP contribution in [0.25, 0.3) is 0 Å². The zero-order valence-electron chi connectivity index (χ0n) is 21.6. The first-order valence-corrected chi connectivity index (χ1v) is 13.8. The Morgan fingerprint density at radius 1 is 1.26 bits per heavy atom. The van der Waals surface area contributed by atoms with E-state index in [1.165, 1.54) is 0 Å². The van der Waals surface area contributed by atoms with E-state index >= 15 is 0 Å². The van der Waals surface area contributed by atoms with Crippen molar-refractivity contribution in [2.45, 2.75) is 48.3 Å². The number of ether oxygens (including phenoxy) is 3. The number of nitrogens with zero attached hydrogens (tertiary/aromatic N) is 2. The zero-order valence-corrected chi connectivity index (χ0v) is 23.2. The van der Waals surface area contributed by atoms with E-state index in [-0.39, 0.29) is 42.9 Å². The van der Waals surface area contributed by atoms with Crippen molar-refractivity contribution in [3.05, 3.63) is 49.6 Å². The van der Waals surface area contributed by atoms with Crippen molar-refractivity contribution in [1.29, 1.82) is 0 Å². The fourth-order valence-electron chi connectivity index (χ4n) is 6.01. The number of anilines is 1. The van der Waals surface area contributed by atoms with Crippen LogP contribution in [-0.2, 0) is 23.9 Å². The number of unbranched alkanes of at least 4 members (excludes halogenated alkanes) is 1. The SMILES string of the molecule is C=CCCOC(=O)[C@H]1[C@@H]2OC3(CC2Br)C(C(=O)N(CC=C)c2ccc(OC)cc2)N(CCCCO)C(=O)[C@H]13. The lowest BCUT2D eigenvalue weighted by Gasteiger charge is -2.37. The van der Waals surface area contributed by atoms with Gasteiger partial charge in [-0.05, 0) is 49.9 Å². The number of methoxy groups -OCH3 is 1. The molecule has 0 radical (unpaired) electrons. The fourth-order valence-corrected chi connectivity index (χ4v) is 6.96. The van der Waals surface area contributed by atoms with Gasteiger partial charge in [0.1, 0.15) is 17.4 Å². The van der Waals surface area contributed by atoms with Crippen molar-refractivity contribution in [1.82, 2.24) is 4.90 Å². The number of benzene rings is 1. The molecule has 38 heavy (non-hydrogen) atoms. The van der Waals surface area contributed by atoms with E-state index < -0.39 is 35.6 Å². The zero-order chi connectivity index (χ0) is 27.4. The smallest absolute Gasteiger partial charge is 0.312 e. The summed E-state index contributed by atoms with van der Waals surface area (Å²) in [5, 5.41) is 9.35. The minimum atomic E-state index is -1.18. The summed E-state index contributed by atoms with van der Waals surface area (Å²) in [5.41, 5.74) is -0.554. The molecule has 3 unspecified atom stereocenters. The van der Waals surface area contributed by atoms with Crippen molar-refractivity contribution in [3.63, 3.8) is 0 Å². The van der Waals surface area contributed by atoms with Crippen molar-refractivity contribution in [2.75, 3.05) is 38.3 Å². The van der Waals surface area contributed by atoms with E-state index in [2.05, 4.69) is 29.1 Å². The van der Waals surface area contributed by atoms with Gasteiger partial charge in [0.15, 0.2) is 0 Å². The Labute approximate surface area is 231 Å². The highest BCUT2D eigenvalue weighted by Gasteiger charge is 2.77. The van der Waals surface area contributed by atoms with Crippen LogP contribution in [0.4, 0.5) is 5.69 Å². The van der Waals surface area contributed by atoms with E-state index in [1.807, 2.05) is 0 Å². The molecule has 1 N–H and O–H groups in total. The first-order valence-electron chi connectivity index (χ1n) is 12.9.